The third-order valence-electron chi connectivity index (χ3n) is 7.60. The molecule has 1 fully saturated rings. The van der Waals surface area contributed by atoms with Crippen molar-refractivity contribution in [3.8, 4) is 17.6 Å². The summed E-state index contributed by atoms with van der Waals surface area (Å²) in [6.07, 6.45) is 3.70. The molecule has 292 valence electrons. The number of thiazole rings is 1. The second-order valence-corrected chi connectivity index (χ2v) is 12.8. The zero-order valence-electron chi connectivity index (χ0n) is 29.0. The van der Waals surface area contributed by atoms with Crippen LogP contribution in [0.2, 0.25) is 0 Å². The molecule has 0 bridgehead atoms. The summed E-state index contributed by atoms with van der Waals surface area (Å²) in [5.74, 6) is 3.56. The molecule has 1 atom stereocenters. The fourth-order valence-corrected chi connectivity index (χ4v) is 5.32. The van der Waals surface area contributed by atoms with Gasteiger partial charge in [0.25, 0.3) is 11.8 Å². The number of aryl methyl sites for hydroxylation is 1. The van der Waals surface area contributed by atoms with Crippen LogP contribution in [0.25, 0.3) is 0 Å². The van der Waals surface area contributed by atoms with Crippen molar-refractivity contribution in [2.24, 2.45) is 5.92 Å². The summed E-state index contributed by atoms with van der Waals surface area (Å²) in [5.41, 5.74) is 1.87. The Balaban J connectivity index is 0.000000274. The van der Waals surface area contributed by atoms with Gasteiger partial charge in [0.2, 0.25) is 0 Å². The van der Waals surface area contributed by atoms with Crippen LogP contribution in [0.3, 0.4) is 0 Å². The largest absolute Gasteiger partial charge is 0.522 e. The Labute approximate surface area is 315 Å². The Morgan fingerprint density at radius 1 is 1.02 bits per heavy atom. The quantitative estimate of drug-likeness (QED) is 0.0706. The first-order valence-corrected chi connectivity index (χ1v) is 17.4. The lowest BCUT2D eigenvalue weighted by molar-refractivity contribution is -0.325. The highest BCUT2D eigenvalue weighted by atomic mass is 32.1. The number of aliphatic hydroxyl groups is 1. The monoisotopic (exact) mass is 790 g/mol. The highest BCUT2D eigenvalue weighted by Gasteiger charge is 2.29. The van der Waals surface area contributed by atoms with Crippen LogP contribution in [0, 0.1) is 17.8 Å². The summed E-state index contributed by atoms with van der Waals surface area (Å²) in [6, 6.07) is 7.30. The van der Waals surface area contributed by atoms with E-state index in [0.717, 1.165) is 30.3 Å². The maximum absolute atomic E-state index is 12.7. The number of aliphatic hydroxyl groups excluding tert-OH is 1. The van der Waals surface area contributed by atoms with Gasteiger partial charge < -0.3 is 30.9 Å². The predicted octanol–water partition coefficient (Wildman–Crippen LogP) is 5.97. The van der Waals surface area contributed by atoms with Crippen LogP contribution in [-0.4, -0.2) is 81.7 Å². The van der Waals surface area contributed by atoms with Crippen molar-refractivity contribution in [1.29, 1.82) is 0 Å². The summed E-state index contributed by atoms with van der Waals surface area (Å²) in [7, 11) is 0. The third kappa shape index (κ3) is 14.2. The van der Waals surface area contributed by atoms with Gasteiger partial charge in [0.1, 0.15) is 17.0 Å². The van der Waals surface area contributed by atoms with Crippen molar-refractivity contribution < 1.29 is 56.0 Å². The molecule has 1 saturated carbocycles. The Hall–Kier alpha value is -5.71. The first kappa shape index (κ1) is 42.0. The molecular formula is C36H35F5N6O7S. The highest BCUT2D eigenvalue weighted by Crippen LogP contribution is 2.30. The lowest BCUT2D eigenvalue weighted by Crippen LogP contribution is -2.38. The molecule has 55 heavy (non-hydrogen) atoms. The van der Waals surface area contributed by atoms with E-state index >= 15 is 0 Å². The van der Waals surface area contributed by atoms with Gasteiger partial charge in [-0.3, -0.25) is 14.3 Å². The van der Waals surface area contributed by atoms with Gasteiger partial charge in [-0.05, 0) is 67.5 Å². The number of carbonyl (C=O) groups excluding carboxylic acids is 2. The molecule has 0 saturated heterocycles. The molecule has 2 aromatic heterocycles. The molecule has 1 aliphatic rings. The number of aromatic nitrogens is 3. The Kier molecular flexibility index (Phi) is 15.4. The second kappa shape index (κ2) is 20.1. The molecule has 19 heteroatoms. The van der Waals surface area contributed by atoms with Crippen molar-refractivity contribution in [2.75, 3.05) is 30.4 Å². The minimum atomic E-state index is -4.78. The Morgan fingerprint density at radius 3 is 2.38 bits per heavy atom. The minimum absolute atomic E-state index is 0.0408. The minimum Gasteiger partial charge on any atom is -0.478 e. The number of amides is 2. The van der Waals surface area contributed by atoms with E-state index < -0.39 is 44.1 Å². The number of benzene rings is 2. The number of nitrogens with zero attached hydrogens (tertiary/aromatic N) is 3. The highest BCUT2D eigenvalue weighted by molar-refractivity contribution is 7.17. The molecule has 13 nitrogen and oxygen atoms in total. The molecule has 2 aromatic carbocycles. The molecule has 0 radical (unpaired) electrons. The first-order chi connectivity index (χ1) is 26.2. The number of carboxylic acid groups (broad SMARTS) is 1. The van der Waals surface area contributed by atoms with E-state index in [9.17, 15) is 41.4 Å². The smallest absolute Gasteiger partial charge is 0.478 e. The molecule has 0 unspecified atom stereocenters. The number of halogens is 5. The van der Waals surface area contributed by atoms with Gasteiger partial charge in [0.15, 0.2) is 5.13 Å². The molecule has 2 amide bonds. The number of ether oxygens (including phenoxy) is 2. The van der Waals surface area contributed by atoms with E-state index in [1.54, 1.807) is 12.1 Å². The number of nitrogens with one attached hydrogen (secondary N) is 3. The molecule has 5 N–H and O–H groups in total. The predicted molar refractivity (Wildman–Crippen MR) is 190 cm³/mol. The molecule has 5 rings (SSSR count). The fourth-order valence-electron chi connectivity index (χ4n) is 4.60. The van der Waals surface area contributed by atoms with Crippen molar-refractivity contribution >= 4 is 39.9 Å². The average Bonchev–Trinajstić information content (AvgIpc) is 3.86. The lowest BCUT2D eigenvalue weighted by Gasteiger charge is -2.18. The van der Waals surface area contributed by atoms with Gasteiger partial charge in [-0.1, -0.05) is 36.2 Å². The summed E-state index contributed by atoms with van der Waals surface area (Å²) in [5, 5.41) is 27.5. The molecular weight excluding hydrogens is 755 g/mol. The fraction of sp³-hybridized carbons (Fsp3) is 0.333. The number of aromatic carboxylic acids is 1. The number of rotatable bonds is 15. The summed E-state index contributed by atoms with van der Waals surface area (Å²) in [6.45, 7) is -1.53. The van der Waals surface area contributed by atoms with Crippen molar-refractivity contribution in [3.05, 3.63) is 94.0 Å². The van der Waals surface area contributed by atoms with E-state index in [-0.39, 0.29) is 34.8 Å². The van der Waals surface area contributed by atoms with Crippen LogP contribution in [-0.2, 0) is 11.2 Å². The van der Waals surface area contributed by atoms with Crippen molar-refractivity contribution in [3.63, 3.8) is 0 Å². The zero-order chi connectivity index (χ0) is 40.0. The van der Waals surface area contributed by atoms with Gasteiger partial charge in [-0.25, -0.2) is 19.7 Å². The van der Waals surface area contributed by atoms with Crippen LogP contribution >= 0.6 is 11.3 Å². The maximum atomic E-state index is 12.7. The van der Waals surface area contributed by atoms with Gasteiger partial charge in [0.05, 0.1) is 42.1 Å². The molecule has 0 aliphatic heterocycles. The Bertz CT molecular complexity index is 1980. The van der Waals surface area contributed by atoms with Gasteiger partial charge >= 0.3 is 18.9 Å². The average molecular weight is 791 g/mol. The van der Waals surface area contributed by atoms with Crippen LogP contribution in [0.1, 0.15) is 73.3 Å². The standard InChI is InChI=1S/C22H27F3N4O4S.C14H8F2N2O3/c1-2-14-5-6-15(19(31)28-16(12-30)7-8-33-22(23,24)25)9-17(14)29-20(32)18-11-27-21(34-18)26-10-13-3-4-13;15-14(16)21-12-4-3-11(13(19)20)5-10(12)2-1-9-6-17-8-18-7-9/h5-6,9,11,13,16,30H,2-4,7-8,10,12H2,1H3,(H,26,27)(H,28,31)(H,29,32);3-8,14H,(H,19,20)/t16-;/m0./s1. The number of carboxylic acids is 1. The zero-order valence-corrected chi connectivity index (χ0v) is 29.8. The van der Waals surface area contributed by atoms with Gasteiger partial charge in [0, 0.05) is 30.2 Å². The molecule has 0 spiro atoms. The number of hydrogen-bond acceptors (Lipinski definition) is 11. The molecule has 2 heterocycles. The summed E-state index contributed by atoms with van der Waals surface area (Å²) in [4.78, 5) is 48.4. The maximum Gasteiger partial charge on any atom is 0.522 e. The van der Waals surface area contributed by atoms with Gasteiger partial charge in [-0.2, -0.15) is 8.78 Å². The number of hydrogen-bond donors (Lipinski definition) is 5. The molecule has 4 aromatic rings. The SMILES string of the molecule is CCc1ccc(C(=O)N[C@H](CO)CCOC(F)(F)F)cc1NC(=O)c1cnc(NCC2CC2)s1.O=C(O)c1ccc(OC(F)F)c(C#Cc2cncnc2)c1. The lowest BCUT2D eigenvalue weighted by atomic mass is 10.1. The van der Waals surface area contributed by atoms with E-state index in [2.05, 4.69) is 52.2 Å². The molecule has 1 aliphatic carbocycles. The van der Waals surface area contributed by atoms with Crippen LogP contribution in [0.15, 0.2) is 61.3 Å². The summed E-state index contributed by atoms with van der Waals surface area (Å²) >= 11 is 1.24. The van der Waals surface area contributed by atoms with Crippen molar-refractivity contribution in [1.82, 2.24) is 20.3 Å². The second-order valence-electron chi connectivity index (χ2n) is 11.7. The van der Waals surface area contributed by atoms with Crippen LogP contribution in [0.5, 0.6) is 5.75 Å². The van der Waals surface area contributed by atoms with E-state index in [0.29, 0.717) is 33.6 Å². The van der Waals surface area contributed by atoms with E-state index in [1.807, 2.05) is 6.92 Å². The van der Waals surface area contributed by atoms with E-state index in [1.165, 1.54) is 55.2 Å². The third-order valence-corrected chi connectivity index (χ3v) is 8.56. The van der Waals surface area contributed by atoms with E-state index in [4.69, 9.17) is 5.11 Å². The first-order valence-electron chi connectivity index (χ1n) is 16.6. The Morgan fingerprint density at radius 2 is 1.75 bits per heavy atom. The normalized spacial score (nSPS) is 12.7. The number of alkyl halides is 5. The van der Waals surface area contributed by atoms with Crippen molar-refractivity contribution in [2.45, 2.75) is 51.6 Å². The van der Waals surface area contributed by atoms with Crippen LogP contribution in [0.4, 0.5) is 32.8 Å². The van der Waals surface area contributed by atoms with Gasteiger partial charge in [-0.15, -0.1) is 13.2 Å². The number of carbonyl (C=O) groups is 3. The summed E-state index contributed by atoms with van der Waals surface area (Å²) < 4.78 is 69.1. The van der Waals surface area contributed by atoms with Crippen LogP contribution < -0.4 is 20.7 Å². The topological polar surface area (TPSA) is 185 Å². The number of anilines is 2.